The second-order valence-corrected chi connectivity index (χ2v) is 6.05. The SMILES string of the molecule is CCOC(=O)c1c(C2CCCC2)nn(-c2ccccc2C)c1N. The topological polar surface area (TPSA) is 70.1 Å². The van der Waals surface area contributed by atoms with E-state index in [1.165, 1.54) is 12.8 Å². The van der Waals surface area contributed by atoms with Gasteiger partial charge in [0.05, 0.1) is 18.0 Å². The number of rotatable bonds is 4. The fourth-order valence-electron chi connectivity index (χ4n) is 3.33. The van der Waals surface area contributed by atoms with Crippen LogP contribution in [0.2, 0.25) is 0 Å². The second kappa shape index (κ2) is 6.44. The number of benzene rings is 1. The zero-order valence-corrected chi connectivity index (χ0v) is 13.7. The van der Waals surface area contributed by atoms with Crippen molar-refractivity contribution in [3.8, 4) is 5.69 Å². The van der Waals surface area contributed by atoms with Gasteiger partial charge >= 0.3 is 5.97 Å². The van der Waals surface area contributed by atoms with Gasteiger partial charge in [-0.2, -0.15) is 5.10 Å². The normalized spacial score (nSPS) is 15.0. The van der Waals surface area contributed by atoms with E-state index < -0.39 is 0 Å². The van der Waals surface area contributed by atoms with Gasteiger partial charge in [0.2, 0.25) is 0 Å². The molecule has 0 radical (unpaired) electrons. The van der Waals surface area contributed by atoms with Crippen LogP contribution < -0.4 is 5.73 Å². The summed E-state index contributed by atoms with van der Waals surface area (Å²) in [7, 11) is 0. The smallest absolute Gasteiger partial charge is 0.343 e. The zero-order chi connectivity index (χ0) is 16.4. The van der Waals surface area contributed by atoms with Gasteiger partial charge in [0.15, 0.2) is 0 Å². The number of hydrogen-bond acceptors (Lipinski definition) is 4. The zero-order valence-electron chi connectivity index (χ0n) is 13.7. The van der Waals surface area contributed by atoms with Gasteiger partial charge in [0.1, 0.15) is 11.4 Å². The highest BCUT2D eigenvalue weighted by Crippen LogP contribution is 2.38. The number of nitrogens with zero attached hydrogens (tertiary/aromatic N) is 2. The summed E-state index contributed by atoms with van der Waals surface area (Å²) in [5, 5.41) is 4.72. The largest absolute Gasteiger partial charge is 0.462 e. The maximum absolute atomic E-state index is 12.4. The van der Waals surface area contributed by atoms with E-state index in [1.807, 2.05) is 31.2 Å². The van der Waals surface area contributed by atoms with Crippen molar-refractivity contribution in [3.05, 3.63) is 41.1 Å². The lowest BCUT2D eigenvalue weighted by Gasteiger charge is -2.08. The number of aryl methyl sites for hydroxylation is 1. The van der Waals surface area contributed by atoms with Crippen molar-refractivity contribution >= 4 is 11.8 Å². The predicted molar refractivity (Wildman–Crippen MR) is 89.9 cm³/mol. The number of ether oxygens (including phenoxy) is 1. The first kappa shape index (κ1) is 15.6. The molecule has 5 nitrogen and oxygen atoms in total. The predicted octanol–water partition coefficient (Wildman–Crippen LogP) is 3.60. The van der Waals surface area contributed by atoms with E-state index in [-0.39, 0.29) is 5.97 Å². The van der Waals surface area contributed by atoms with Crippen molar-refractivity contribution in [2.24, 2.45) is 0 Å². The molecule has 0 spiro atoms. The number of nitrogens with two attached hydrogens (primary N) is 1. The number of carbonyl (C=O) groups is 1. The third kappa shape index (κ3) is 2.83. The summed E-state index contributed by atoms with van der Waals surface area (Å²) in [6.45, 7) is 4.14. The first-order chi connectivity index (χ1) is 11.1. The van der Waals surface area contributed by atoms with Crippen molar-refractivity contribution in [1.82, 2.24) is 9.78 Å². The van der Waals surface area contributed by atoms with Crippen LogP contribution in [0, 0.1) is 6.92 Å². The van der Waals surface area contributed by atoms with Crippen LogP contribution in [-0.4, -0.2) is 22.4 Å². The molecule has 1 aromatic heterocycles. The Morgan fingerprint density at radius 1 is 1.35 bits per heavy atom. The molecule has 1 saturated carbocycles. The van der Waals surface area contributed by atoms with Crippen LogP contribution in [0.4, 0.5) is 5.82 Å². The molecule has 0 atom stereocenters. The number of para-hydroxylation sites is 1. The average molecular weight is 313 g/mol. The van der Waals surface area contributed by atoms with E-state index in [1.54, 1.807) is 11.6 Å². The summed E-state index contributed by atoms with van der Waals surface area (Å²) in [5.41, 5.74) is 9.51. The van der Waals surface area contributed by atoms with Gasteiger partial charge in [-0.3, -0.25) is 0 Å². The number of esters is 1. The van der Waals surface area contributed by atoms with Crippen LogP contribution in [0.3, 0.4) is 0 Å². The molecule has 3 rings (SSSR count). The van der Waals surface area contributed by atoms with Crippen molar-refractivity contribution in [3.63, 3.8) is 0 Å². The first-order valence-electron chi connectivity index (χ1n) is 8.25. The lowest BCUT2D eigenvalue weighted by molar-refractivity contribution is 0.0526. The Bertz CT molecular complexity index is 715. The van der Waals surface area contributed by atoms with Gasteiger partial charge < -0.3 is 10.5 Å². The van der Waals surface area contributed by atoms with E-state index in [0.29, 0.717) is 23.9 Å². The Labute approximate surface area is 136 Å². The minimum Gasteiger partial charge on any atom is -0.462 e. The third-order valence-corrected chi connectivity index (χ3v) is 4.51. The van der Waals surface area contributed by atoms with Crippen molar-refractivity contribution in [2.75, 3.05) is 12.3 Å². The molecule has 1 heterocycles. The summed E-state index contributed by atoms with van der Waals surface area (Å²) >= 11 is 0. The average Bonchev–Trinajstić information content (AvgIpc) is 3.16. The van der Waals surface area contributed by atoms with Crippen LogP contribution in [0.15, 0.2) is 24.3 Å². The Hall–Kier alpha value is -2.30. The number of aromatic nitrogens is 2. The molecule has 0 aliphatic heterocycles. The minimum absolute atomic E-state index is 0.293. The molecule has 1 aliphatic rings. The molecule has 23 heavy (non-hydrogen) atoms. The molecule has 0 unspecified atom stereocenters. The van der Waals surface area contributed by atoms with E-state index in [4.69, 9.17) is 15.6 Å². The molecule has 1 aromatic carbocycles. The Morgan fingerprint density at radius 2 is 2.04 bits per heavy atom. The molecule has 2 N–H and O–H groups in total. The molecule has 5 heteroatoms. The molecular formula is C18H23N3O2. The molecule has 122 valence electrons. The number of carbonyl (C=O) groups excluding carboxylic acids is 1. The van der Waals surface area contributed by atoms with Crippen LogP contribution >= 0.6 is 0 Å². The van der Waals surface area contributed by atoms with Gasteiger partial charge in [-0.1, -0.05) is 31.0 Å². The highest BCUT2D eigenvalue weighted by molar-refractivity contribution is 5.96. The second-order valence-electron chi connectivity index (χ2n) is 6.05. The standard InChI is InChI=1S/C18H23N3O2/c1-3-23-18(22)15-16(13-9-5-6-10-13)20-21(17(15)19)14-11-7-4-8-12(14)2/h4,7-8,11,13H,3,5-6,9-10,19H2,1-2H3. The Kier molecular flexibility index (Phi) is 4.37. The first-order valence-corrected chi connectivity index (χ1v) is 8.25. The van der Waals surface area contributed by atoms with E-state index in [0.717, 1.165) is 29.8 Å². The van der Waals surface area contributed by atoms with Gasteiger partial charge in [0, 0.05) is 5.92 Å². The molecule has 1 fully saturated rings. The van der Waals surface area contributed by atoms with Gasteiger partial charge in [-0.05, 0) is 38.3 Å². The van der Waals surface area contributed by atoms with Crippen molar-refractivity contribution < 1.29 is 9.53 Å². The Balaban J connectivity index is 2.13. The fraction of sp³-hybridized carbons (Fsp3) is 0.444. The maximum Gasteiger partial charge on any atom is 0.343 e. The number of anilines is 1. The van der Waals surface area contributed by atoms with Crippen LogP contribution in [0.1, 0.15) is 60.1 Å². The van der Waals surface area contributed by atoms with Crippen molar-refractivity contribution in [1.29, 1.82) is 0 Å². The molecule has 0 bridgehead atoms. The highest BCUT2D eigenvalue weighted by Gasteiger charge is 2.30. The number of nitrogen functional groups attached to an aromatic ring is 1. The molecule has 0 saturated heterocycles. The number of hydrogen-bond donors (Lipinski definition) is 1. The van der Waals surface area contributed by atoms with E-state index >= 15 is 0 Å². The van der Waals surface area contributed by atoms with E-state index in [2.05, 4.69) is 0 Å². The fourth-order valence-corrected chi connectivity index (χ4v) is 3.33. The van der Waals surface area contributed by atoms with Crippen LogP contribution in [-0.2, 0) is 4.74 Å². The van der Waals surface area contributed by atoms with Gasteiger partial charge in [0.25, 0.3) is 0 Å². The highest BCUT2D eigenvalue weighted by atomic mass is 16.5. The molecular weight excluding hydrogens is 290 g/mol. The van der Waals surface area contributed by atoms with E-state index in [9.17, 15) is 4.79 Å². The van der Waals surface area contributed by atoms with Gasteiger partial charge in [-0.25, -0.2) is 9.48 Å². The third-order valence-electron chi connectivity index (χ3n) is 4.51. The molecule has 1 aliphatic carbocycles. The maximum atomic E-state index is 12.4. The van der Waals surface area contributed by atoms with Crippen LogP contribution in [0.5, 0.6) is 0 Å². The molecule has 0 amide bonds. The summed E-state index contributed by atoms with van der Waals surface area (Å²) in [5.74, 6) is 0.299. The van der Waals surface area contributed by atoms with Crippen LogP contribution in [0.25, 0.3) is 5.69 Å². The lowest BCUT2D eigenvalue weighted by Crippen LogP contribution is -2.11. The minimum atomic E-state index is -0.369. The molecule has 2 aromatic rings. The summed E-state index contributed by atoms with van der Waals surface area (Å²) < 4.78 is 6.91. The lowest BCUT2D eigenvalue weighted by atomic mass is 10.00. The summed E-state index contributed by atoms with van der Waals surface area (Å²) in [4.78, 5) is 12.4. The summed E-state index contributed by atoms with van der Waals surface area (Å²) in [6, 6.07) is 7.90. The Morgan fingerprint density at radius 3 is 2.70 bits per heavy atom. The monoisotopic (exact) mass is 313 g/mol. The van der Waals surface area contributed by atoms with Gasteiger partial charge in [-0.15, -0.1) is 0 Å². The van der Waals surface area contributed by atoms with Crippen molar-refractivity contribution in [2.45, 2.75) is 45.4 Å². The summed E-state index contributed by atoms with van der Waals surface area (Å²) in [6.07, 6.45) is 4.45. The quantitative estimate of drug-likeness (QED) is 0.876.